The third-order valence-electron chi connectivity index (χ3n) is 2.11. The van der Waals surface area contributed by atoms with Gasteiger partial charge < -0.3 is 4.90 Å². The lowest BCUT2D eigenvalue weighted by molar-refractivity contribution is 0.305. The van der Waals surface area contributed by atoms with Crippen LogP contribution >= 0.6 is 11.9 Å². The zero-order valence-electron chi connectivity index (χ0n) is 7.00. The maximum Gasteiger partial charge on any atom is 0.0246 e. The smallest absolute Gasteiger partial charge is 0.0246 e. The summed E-state index contributed by atoms with van der Waals surface area (Å²) in [5.41, 5.74) is 0. The van der Waals surface area contributed by atoms with Crippen LogP contribution in [0.1, 0.15) is 6.42 Å². The molecule has 1 aliphatic heterocycles. The fourth-order valence-electron chi connectivity index (χ4n) is 1.30. The zero-order chi connectivity index (χ0) is 7.56. The Morgan fingerprint density at radius 1 is 1.50 bits per heavy atom. The number of hydrogen-bond donors (Lipinski definition) is 0. The molecule has 0 spiro atoms. The summed E-state index contributed by atoms with van der Waals surface area (Å²) in [4.78, 5) is 2.32. The van der Waals surface area contributed by atoms with Crippen LogP contribution in [0, 0.1) is 0 Å². The first-order valence-electron chi connectivity index (χ1n) is 3.69. The summed E-state index contributed by atoms with van der Waals surface area (Å²) in [6.07, 6.45) is 3.48. The first-order valence-corrected chi connectivity index (χ1v) is 4.87. The Kier molecular flexibility index (Phi) is 3.01. The second kappa shape index (κ2) is 3.60. The minimum Gasteiger partial charge on any atom is -0.305 e. The number of hydrogen-bond acceptors (Lipinski definition) is 3. The quantitative estimate of drug-likeness (QED) is 0.554. The second-order valence-corrected chi connectivity index (χ2v) is 3.86. The minimum absolute atomic E-state index is 0.785. The monoisotopic (exact) mass is 160 g/mol. The molecule has 1 fully saturated rings. The van der Waals surface area contributed by atoms with Crippen LogP contribution in [-0.2, 0) is 0 Å². The number of likely N-dealkylation sites (N-methyl/N-ethyl adjacent to an activating group) is 1. The standard InChI is InChI=1S/C7H16N2S/c1-8(2)7-4-5-9(6-7)10-3/h7H,4-6H2,1-3H3/t7-/m1/s1. The summed E-state index contributed by atoms with van der Waals surface area (Å²) in [6.45, 7) is 2.48. The zero-order valence-corrected chi connectivity index (χ0v) is 7.82. The molecule has 0 radical (unpaired) electrons. The summed E-state index contributed by atoms with van der Waals surface area (Å²) in [5, 5.41) is 0. The molecule has 2 nitrogen and oxygen atoms in total. The van der Waals surface area contributed by atoms with E-state index in [2.05, 4.69) is 29.6 Å². The minimum atomic E-state index is 0.785. The van der Waals surface area contributed by atoms with E-state index in [1.54, 1.807) is 0 Å². The molecule has 0 unspecified atom stereocenters. The summed E-state index contributed by atoms with van der Waals surface area (Å²) in [6, 6.07) is 0.785. The van der Waals surface area contributed by atoms with Crippen molar-refractivity contribution in [2.75, 3.05) is 33.4 Å². The topological polar surface area (TPSA) is 6.48 Å². The van der Waals surface area contributed by atoms with E-state index in [4.69, 9.17) is 0 Å². The summed E-state index contributed by atoms with van der Waals surface area (Å²) < 4.78 is 2.42. The highest BCUT2D eigenvalue weighted by Crippen LogP contribution is 2.18. The second-order valence-electron chi connectivity index (χ2n) is 2.98. The highest BCUT2D eigenvalue weighted by Gasteiger charge is 2.22. The molecule has 0 N–H and O–H groups in total. The molecule has 0 aromatic heterocycles. The molecule has 0 aromatic rings. The van der Waals surface area contributed by atoms with Crippen molar-refractivity contribution in [3.8, 4) is 0 Å². The van der Waals surface area contributed by atoms with Gasteiger partial charge in [-0.1, -0.05) is 11.9 Å². The molecule has 1 rings (SSSR count). The van der Waals surface area contributed by atoms with Crippen LogP contribution in [0.25, 0.3) is 0 Å². The van der Waals surface area contributed by atoms with E-state index in [9.17, 15) is 0 Å². The summed E-state index contributed by atoms with van der Waals surface area (Å²) >= 11 is 1.86. The van der Waals surface area contributed by atoms with Crippen LogP contribution in [-0.4, -0.2) is 48.7 Å². The lowest BCUT2D eigenvalue weighted by Gasteiger charge is -2.18. The molecule has 60 valence electrons. The van der Waals surface area contributed by atoms with Crippen molar-refractivity contribution >= 4 is 11.9 Å². The molecule has 0 aliphatic carbocycles. The number of nitrogens with zero attached hydrogens (tertiary/aromatic N) is 2. The Hall–Kier alpha value is 0.270. The van der Waals surface area contributed by atoms with E-state index in [-0.39, 0.29) is 0 Å². The van der Waals surface area contributed by atoms with Crippen LogP contribution in [0.15, 0.2) is 0 Å². The lowest BCUT2D eigenvalue weighted by atomic mass is 10.2. The predicted molar refractivity (Wildman–Crippen MR) is 47.2 cm³/mol. The predicted octanol–water partition coefficient (Wildman–Crippen LogP) is 0.900. The highest BCUT2D eigenvalue weighted by molar-refractivity contribution is 7.96. The van der Waals surface area contributed by atoms with Gasteiger partial charge in [0, 0.05) is 19.1 Å². The van der Waals surface area contributed by atoms with Gasteiger partial charge >= 0.3 is 0 Å². The Morgan fingerprint density at radius 2 is 2.20 bits per heavy atom. The maximum absolute atomic E-state index is 2.42. The molecule has 1 atom stereocenters. The van der Waals surface area contributed by atoms with E-state index in [0.29, 0.717) is 0 Å². The third-order valence-corrected chi connectivity index (χ3v) is 2.96. The Bertz CT molecular complexity index is 106. The van der Waals surface area contributed by atoms with Gasteiger partial charge in [-0.3, -0.25) is 0 Å². The van der Waals surface area contributed by atoms with Crippen molar-refractivity contribution in [1.82, 2.24) is 9.21 Å². The fourth-order valence-corrected chi connectivity index (χ4v) is 1.91. The molecule has 10 heavy (non-hydrogen) atoms. The van der Waals surface area contributed by atoms with Gasteiger partial charge in [-0.15, -0.1) is 0 Å². The molecule has 0 amide bonds. The average Bonchev–Trinajstić information content (AvgIpc) is 2.34. The molecule has 1 aliphatic rings. The summed E-state index contributed by atoms with van der Waals surface area (Å²) in [7, 11) is 4.32. The van der Waals surface area contributed by atoms with Gasteiger partial charge in [-0.05, 0) is 26.8 Å². The van der Waals surface area contributed by atoms with Gasteiger partial charge in [0.2, 0.25) is 0 Å². The van der Waals surface area contributed by atoms with Crippen LogP contribution in [0.3, 0.4) is 0 Å². The van der Waals surface area contributed by atoms with Gasteiger partial charge in [-0.2, -0.15) is 0 Å². The Morgan fingerprint density at radius 3 is 2.50 bits per heavy atom. The Balaban J connectivity index is 2.28. The molecule has 1 heterocycles. The normalized spacial score (nSPS) is 28.2. The van der Waals surface area contributed by atoms with Gasteiger partial charge in [0.05, 0.1) is 0 Å². The molecule has 0 aromatic carbocycles. The fraction of sp³-hybridized carbons (Fsp3) is 1.00. The SMILES string of the molecule is CSN1CC[C@@H](N(C)C)C1. The van der Waals surface area contributed by atoms with Crippen molar-refractivity contribution in [2.24, 2.45) is 0 Å². The van der Waals surface area contributed by atoms with E-state index in [0.717, 1.165) is 6.04 Å². The molecule has 1 saturated heterocycles. The van der Waals surface area contributed by atoms with Crippen molar-refractivity contribution < 1.29 is 0 Å². The Labute approximate surface area is 67.7 Å². The average molecular weight is 160 g/mol. The van der Waals surface area contributed by atoms with Gasteiger partial charge in [0.1, 0.15) is 0 Å². The summed E-state index contributed by atoms with van der Waals surface area (Å²) in [5.74, 6) is 0. The van der Waals surface area contributed by atoms with Gasteiger partial charge in [-0.25, -0.2) is 4.31 Å². The van der Waals surface area contributed by atoms with E-state index < -0.39 is 0 Å². The molecular weight excluding hydrogens is 144 g/mol. The molecule has 0 bridgehead atoms. The first-order chi connectivity index (χ1) is 4.74. The van der Waals surface area contributed by atoms with E-state index in [1.165, 1.54) is 19.5 Å². The van der Waals surface area contributed by atoms with Crippen LogP contribution < -0.4 is 0 Å². The maximum atomic E-state index is 2.42. The van der Waals surface area contributed by atoms with Gasteiger partial charge in [0.25, 0.3) is 0 Å². The van der Waals surface area contributed by atoms with Crippen LogP contribution in [0.2, 0.25) is 0 Å². The van der Waals surface area contributed by atoms with Crippen molar-refractivity contribution in [2.45, 2.75) is 12.5 Å². The van der Waals surface area contributed by atoms with E-state index >= 15 is 0 Å². The highest BCUT2D eigenvalue weighted by atomic mass is 32.2. The van der Waals surface area contributed by atoms with Crippen molar-refractivity contribution in [1.29, 1.82) is 0 Å². The largest absolute Gasteiger partial charge is 0.305 e. The van der Waals surface area contributed by atoms with Crippen molar-refractivity contribution in [3.63, 3.8) is 0 Å². The van der Waals surface area contributed by atoms with Gasteiger partial charge in [0.15, 0.2) is 0 Å². The molecule has 0 saturated carbocycles. The first kappa shape index (κ1) is 8.37. The molecular formula is C7H16N2S. The third kappa shape index (κ3) is 1.87. The number of rotatable bonds is 2. The van der Waals surface area contributed by atoms with Crippen LogP contribution in [0.5, 0.6) is 0 Å². The van der Waals surface area contributed by atoms with E-state index in [1.807, 2.05) is 11.9 Å². The van der Waals surface area contributed by atoms with Crippen molar-refractivity contribution in [3.05, 3.63) is 0 Å². The lowest BCUT2D eigenvalue weighted by Crippen LogP contribution is -2.29. The van der Waals surface area contributed by atoms with Crippen LogP contribution in [0.4, 0.5) is 0 Å². The molecule has 3 heteroatoms.